The molecule has 1 unspecified atom stereocenters. The molecule has 6 heteroatoms. The Kier molecular flexibility index (Phi) is 6.44. The molecule has 3 aromatic rings. The van der Waals surface area contributed by atoms with Gasteiger partial charge in [0.05, 0.1) is 4.90 Å². The summed E-state index contributed by atoms with van der Waals surface area (Å²) in [5.41, 5.74) is 4.54. The summed E-state index contributed by atoms with van der Waals surface area (Å²) in [7, 11) is -3.62. The minimum Gasteiger partial charge on any atom is -0.305 e. The Morgan fingerprint density at radius 1 is 1.00 bits per heavy atom. The van der Waals surface area contributed by atoms with E-state index in [1.54, 1.807) is 12.1 Å². The number of hydrogen-bond donors (Lipinski definition) is 1. The van der Waals surface area contributed by atoms with Crippen LogP contribution in [0.4, 0.5) is 5.69 Å². The van der Waals surface area contributed by atoms with Gasteiger partial charge >= 0.3 is 0 Å². The number of benzene rings is 3. The van der Waals surface area contributed by atoms with Gasteiger partial charge in [0, 0.05) is 23.8 Å². The molecular formula is C26H28N2O3S. The van der Waals surface area contributed by atoms with E-state index in [9.17, 15) is 13.2 Å². The zero-order valence-electron chi connectivity index (χ0n) is 18.4. The third kappa shape index (κ3) is 4.61. The van der Waals surface area contributed by atoms with Crippen LogP contribution in [0.15, 0.2) is 77.7 Å². The number of aryl methyl sites for hydroxylation is 1. The maximum absolute atomic E-state index is 13.1. The summed E-state index contributed by atoms with van der Waals surface area (Å²) in [5, 5.41) is 0. The van der Waals surface area contributed by atoms with Gasteiger partial charge in [-0.1, -0.05) is 55.8 Å². The number of rotatable bonds is 7. The van der Waals surface area contributed by atoms with Crippen molar-refractivity contribution in [2.75, 3.05) is 4.90 Å². The van der Waals surface area contributed by atoms with E-state index < -0.39 is 10.0 Å². The Morgan fingerprint density at radius 2 is 1.69 bits per heavy atom. The van der Waals surface area contributed by atoms with Crippen LogP contribution in [0.1, 0.15) is 47.3 Å². The number of fused-ring (bicyclic) bond motifs is 1. The monoisotopic (exact) mass is 448 g/mol. The lowest BCUT2D eigenvalue weighted by Crippen LogP contribution is -2.35. The topological polar surface area (TPSA) is 66.5 Å². The van der Waals surface area contributed by atoms with Gasteiger partial charge in [-0.25, -0.2) is 13.1 Å². The Morgan fingerprint density at radius 3 is 2.38 bits per heavy atom. The zero-order chi connectivity index (χ0) is 22.7. The molecule has 5 nitrogen and oxygen atoms in total. The van der Waals surface area contributed by atoms with Crippen molar-refractivity contribution in [3.63, 3.8) is 0 Å². The van der Waals surface area contributed by atoms with Gasteiger partial charge in [-0.05, 0) is 66.8 Å². The smallest absolute Gasteiger partial charge is 0.258 e. The molecule has 1 aliphatic heterocycles. The normalized spacial score (nSPS) is 15.6. The van der Waals surface area contributed by atoms with E-state index in [4.69, 9.17) is 0 Å². The van der Waals surface area contributed by atoms with E-state index >= 15 is 0 Å². The van der Waals surface area contributed by atoms with Gasteiger partial charge in [-0.2, -0.15) is 0 Å². The minimum absolute atomic E-state index is 0.0400. The molecule has 3 aromatic carbocycles. The van der Waals surface area contributed by atoms with Crippen molar-refractivity contribution in [3.05, 3.63) is 95.1 Å². The van der Waals surface area contributed by atoms with Gasteiger partial charge in [0.1, 0.15) is 0 Å². The average molecular weight is 449 g/mol. The maximum atomic E-state index is 13.1. The van der Waals surface area contributed by atoms with Crippen molar-refractivity contribution in [2.24, 2.45) is 0 Å². The minimum atomic E-state index is -3.62. The van der Waals surface area contributed by atoms with Crippen LogP contribution in [0.25, 0.3) is 0 Å². The fourth-order valence-electron chi connectivity index (χ4n) is 4.18. The van der Waals surface area contributed by atoms with Crippen LogP contribution >= 0.6 is 0 Å². The number of carbonyl (C=O) groups is 1. The van der Waals surface area contributed by atoms with Crippen LogP contribution in [0.5, 0.6) is 0 Å². The molecule has 1 amide bonds. The van der Waals surface area contributed by atoms with Crippen LogP contribution in [0.2, 0.25) is 0 Å². The van der Waals surface area contributed by atoms with Crippen molar-refractivity contribution in [1.82, 2.24) is 4.72 Å². The summed E-state index contributed by atoms with van der Waals surface area (Å²) in [6.07, 6.45) is 2.73. The molecule has 0 aromatic heterocycles. The molecular weight excluding hydrogens is 420 g/mol. The molecule has 1 N–H and O–H groups in total. The van der Waals surface area contributed by atoms with Gasteiger partial charge in [0.2, 0.25) is 10.0 Å². The summed E-state index contributed by atoms with van der Waals surface area (Å²) in [6.45, 7) is 4.29. The third-order valence-electron chi connectivity index (χ3n) is 5.84. The Bertz CT molecular complexity index is 1210. The highest BCUT2D eigenvalue weighted by Crippen LogP contribution is 2.34. The van der Waals surface area contributed by atoms with E-state index in [0.29, 0.717) is 5.56 Å². The van der Waals surface area contributed by atoms with E-state index in [-0.39, 0.29) is 23.4 Å². The van der Waals surface area contributed by atoms with Gasteiger partial charge in [-0.15, -0.1) is 0 Å². The van der Waals surface area contributed by atoms with Crippen LogP contribution in [0.3, 0.4) is 0 Å². The second-order valence-corrected chi connectivity index (χ2v) is 10.0. The second kappa shape index (κ2) is 9.27. The number of amides is 1. The van der Waals surface area contributed by atoms with Gasteiger partial charge in [-0.3, -0.25) is 4.79 Å². The van der Waals surface area contributed by atoms with E-state index in [2.05, 4.69) is 11.6 Å². The largest absolute Gasteiger partial charge is 0.305 e. The number of sulfonamides is 1. The van der Waals surface area contributed by atoms with Crippen LogP contribution in [-0.4, -0.2) is 20.4 Å². The average Bonchev–Trinajstić information content (AvgIpc) is 3.13. The molecule has 0 aliphatic carbocycles. The first kappa shape index (κ1) is 22.2. The quantitative estimate of drug-likeness (QED) is 0.569. The van der Waals surface area contributed by atoms with Crippen LogP contribution in [0, 0.1) is 0 Å². The molecule has 1 atom stereocenters. The summed E-state index contributed by atoms with van der Waals surface area (Å²) in [4.78, 5) is 15.2. The van der Waals surface area contributed by atoms with Crippen LogP contribution < -0.4 is 9.62 Å². The SMILES string of the molecule is CCCc1ccc(S(=O)(=O)NCc2ccc3c(c2)N(C(=O)c2ccccc2)C(C)C3)cc1. The summed E-state index contributed by atoms with van der Waals surface area (Å²) < 4.78 is 28.2. The van der Waals surface area contributed by atoms with Crippen molar-refractivity contribution in [3.8, 4) is 0 Å². The van der Waals surface area contributed by atoms with E-state index in [0.717, 1.165) is 41.6 Å². The lowest BCUT2D eigenvalue weighted by atomic mass is 10.1. The standard InChI is InChI=1S/C26H28N2O3S/c1-3-7-20-11-14-24(15-12-20)32(30,31)27-18-21-10-13-23-16-19(2)28(25(23)17-21)26(29)22-8-5-4-6-9-22/h4-6,8-15,17,19,27H,3,7,16,18H2,1-2H3. The Labute approximate surface area is 190 Å². The fraction of sp³-hybridized carbons (Fsp3) is 0.269. The van der Waals surface area contributed by atoms with Crippen molar-refractivity contribution < 1.29 is 13.2 Å². The highest BCUT2D eigenvalue weighted by atomic mass is 32.2. The molecule has 32 heavy (non-hydrogen) atoms. The first-order valence-corrected chi connectivity index (χ1v) is 12.5. The predicted molar refractivity (Wildman–Crippen MR) is 127 cm³/mol. The van der Waals surface area contributed by atoms with Crippen molar-refractivity contribution >= 4 is 21.6 Å². The molecule has 0 spiro atoms. The molecule has 4 rings (SSSR count). The molecule has 166 valence electrons. The second-order valence-electron chi connectivity index (χ2n) is 8.28. The third-order valence-corrected chi connectivity index (χ3v) is 7.26. The summed E-state index contributed by atoms with van der Waals surface area (Å²) >= 11 is 0. The number of anilines is 1. The number of hydrogen-bond acceptors (Lipinski definition) is 3. The van der Waals surface area contributed by atoms with E-state index in [1.165, 1.54) is 0 Å². The Balaban J connectivity index is 1.52. The Hall–Kier alpha value is -2.96. The number of carbonyl (C=O) groups excluding carboxylic acids is 1. The molecule has 0 saturated carbocycles. The highest BCUT2D eigenvalue weighted by molar-refractivity contribution is 7.89. The lowest BCUT2D eigenvalue weighted by Gasteiger charge is -2.23. The van der Waals surface area contributed by atoms with E-state index in [1.807, 2.05) is 72.5 Å². The lowest BCUT2D eigenvalue weighted by molar-refractivity contribution is 0.0981. The first-order chi connectivity index (χ1) is 15.4. The van der Waals surface area contributed by atoms with Gasteiger partial charge in [0.25, 0.3) is 5.91 Å². The van der Waals surface area contributed by atoms with Gasteiger partial charge < -0.3 is 4.90 Å². The molecule has 0 fully saturated rings. The molecule has 0 bridgehead atoms. The highest BCUT2D eigenvalue weighted by Gasteiger charge is 2.31. The van der Waals surface area contributed by atoms with Gasteiger partial charge in [0.15, 0.2) is 0 Å². The molecule has 0 radical (unpaired) electrons. The molecule has 0 saturated heterocycles. The van der Waals surface area contributed by atoms with Crippen LogP contribution in [-0.2, 0) is 29.4 Å². The van der Waals surface area contributed by atoms with Crippen molar-refractivity contribution in [2.45, 2.75) is 50.6 Å². The maximum Gasteiger partial charge on any atom is 0.258 e. The number of nitrogens with zero attached hydrogens (tertiary/aromatic N) is 1. The van der Waals surface area contributed by atoms with Crippen molar-refractivity contribution in [1.29, 1.82) is 0 Å². The fourth-order valence-corrected chi connectivity index (χ4v) is 5.20. The predicted octanol–water partition coefficient (Wildman–Crippen LogP) is 4.71. The first-order valence-electron chi connectivity index (χ1n) is 11.0. The molecule has 1 heterocycles. The zero-order valence-corrected chi connectivity index (χ0v) is 19.2. The summed E-state index contributed by atoms with van der Waals surface area (Å²) in [6, 6.07) is 22.2. The molecule has 1 aliphatic rings. The number of nitrogens with one attached hydrogen (secondary N) is 1. The summed E-state index contributed by atoms with van der Waals surface area (Å²) in [5.74, 6) is -0.0400.